The number of carboxylic acids is 1. The lowest BCUT2D eigenvalue weighted by Gasteiger charge is -2.18. The van der Waals surface area contributed by atoms with E-state index in [2.05, 4.69) is 5.32 Å². The second-order valence-corrected chi connectivity index (χ2v) is 4.78. The first-order valence-corrected chi connectivity index (χ1v) is 6.29. The number of hydrogen-bond donors (Lipinski definition) is 2. The summed E-state index contributed by atoms with van der Waals surface area (Å²) in [5.41, 5.74) is 2.98. The van der Waals surface area contributed by atoms with Crippen LogP contribution in [0.3, 0.4) is 0 Å². The molecule has 0 aliphatic carbocycles. The molecule has 0 heterocycles. The molecule has 1 unspecified atom stereocenters. The summed E-state index contributed by atoms with van der Waals surface area (Å²) < 4.78 is 13.1. The van der Waals surface area contributed by atoms with Gasteiger partial charge in [0.15, 0.2) is 6.04 Å². The first-order chi connectivity index (χ1) is 9.47. The summed E-state index contributed by atoms with van der Waals surface area (Å²) >= 11 is 0. The van der Waals surface area contributed by atoms with Gasteiger partial charge in [0.2, 0.25) is 0 Å². The number of halogens is 1. The molecule has 0 fully saturated rings. The van der Waals surface area contributed by atoms with Crippen molar-refractivity contribution < 1.29 is 14.3 Å². The Kier molecular flexibility index (Phi) is 4.03. The van der Waals surface area contributed by atoms with E-state index in [0.717, 1.165) is 5.56 Å². The van der Waals surface area contributed by atoms with Gasteiger partial charge in [0.25, 0.3) is 0 Å². The number of nitrogens with one attached hydrogen (secondary N) is 1. The van der Waals surface area contributed by atoms with Gasteiger partial charge in [0.1, 0.15) is 5.82 Å². The molecule has 2 N–H and O–H groups in total. The highest BCUT2D eigenvalue weighted by atomic mass is 19.1. The zero-order chi connectivity index (χ0) is 14.7. The number of aryl methyl sites for hydroxylation is 2. The topological polar surface area (TPSA) is 49.3 Å². The van der Waals surface area contributed by atoms with Crippen LogP contribution < -0.4 is 5.32 Å². The maximum absolute atomic E-state index is 13.1. The molecular weight excluding hydrogens is 257 g/mol. The average molecular weight is 273 g/mol. The number of benzene rings is 2. The third kappa shape index (κ3) is 3.15. The van der Waals surface area contributed by atoms with Gasteiger partial charge in [-0.3, -0.25) is 0 Å². The number of hydrogen-bond acceptors (Lipinski definition) is 2. The molecule has 2 aromatic rings. The molecule has 0 bridgehead atoms. The summed E-state index contributed by atoms with van der Waals surface area (Å²) in [5, 5.41) is 12.3. The second-order valence-electron chi connectivity index (χ2n) is 4.78. The van der Waals surface area contributed by atoms with Crippen molar-refractivity contribution in [2.45, 2.75) is 19.9 Å². The summed E-state index contributed by atoms with van der Waals surface area (Å²) in [6.45, 7) is 3.66. The van der Waals surface area contributed by atoms with Gasteiger partial charge in [-0.25, -0.2) is 9.18 Å². The van der Waals surface area contributed by atoms with Crippen molar-refractivity contribution in [2.24, 2.45) is 0 Å². The molecule has 0 aromatic heterocycles. The van der Waals surface area contributed by atoms with E-state index >= 15 is 0 Å². The molecule has 2 rings (SSSR count). The third-order valence-electron chi connectivity index (χ3n) is 3.15. The van der Waals surface area contributed by atoms with Crippen LogP contribution in [0.25, 0.3) is 0 Å². The third-order valence-corrected chi connectivity index (χ3v) is 3.15. The molecule has 0 radical (unpaired) electrons. The Hall–Kier alpha value is -2.36. The van der Waals surface area contributed by atoms with E-state index in [1.165, 1.54) is 18.2 Å². The number of carboxylic acid groups (broad SMARTS) is 1. The van der Waals surface area contributed by atoms with Crippen LogP contribution in [0.2, 0.25) is 0 Å². The van der Waals surface area contributed by atoms with Crippen molar-refractivity contribution >= 4 is 11.7 Å². The summed E-state index contributed by atoms with van der Waals surface area (Å²) in [4.78, 5) is 11.5. The Morgan fingerprint density at radius 1 is 1.15 bits per heavy atom. The predicted molar refractivity (Wildman–Crippen MR) is 76.3 cm³/mol. The molecule has 2 aromatic carbocycles. The molecule has 20 heavy (non-hydrogen) atoms. The fraction of sp³-hybridized carbons (Fsp3) is 0.188. The number of rotatable bonds is 4. The van der Waals surface area contributed by atoms with Gasteiger partial charge >= 0.3 is 5.97 Å². The van der Waals surface area contributed by atoms with Crippen LogP contribution in [-0.2, 0) is 4.79 Å². The number of aliphatic carboxylic acids is 1. The zero-order valence-corrected chi connectivity index (χ0v) is 11.4. The molecule has 0 aliphatic heterocycles. The van der Waals surface area contributed by atoms with Crippen molar-refractivity contribution in [3.05, 3.63) is 65.0 Å². The van der Waals surface area contributed by atoms with Crippen molar-refractivity contribution in [2.75, 3.05) is 5.32 Å². The van der Waals surface area contributed by atoms with E-state index in [1.54, 1.807) is 6.92 Å². The van der Waals surface area contributed by atoms with Crippen LogP contribution in [0.15, 0.2) is 42.5 Å². The van der Waals surface area contributed by atoms with Gasteiger partial charge in [-0.2, -0.15) is 0 Å². The van der Waals surface area contributed by atoms with Crippen LogP contribution >= 0.6 is 0 Å². The van der Waals surface area contributed by atoms with Crippen molar-refractivity contribution in [3.8, 4) is 0 Å². The van der Waals surface area contributed by atoms with E-state index < -0.39 is 12.0 Å². The minimum atomic E-state index is -1.000. The van der Waals surface area contributed by atoms with Crippen LogP contribution in [0.1, 0.15) is 22.7 Å². The smallest absolute Gasteiger partial charge is 0.330 e. The Balaban J connectivity index is 2.31. The van der Waals surface area contributed by atoms with Crippen LogP contribution in [0, 0.1) is 19.7 Å². The zero-order valence-electron chi connectivity index (χ0n) is 11.4. The Bertz CT molecular complexity index is 623. The molecule has 4 heteroatoms. The maximum Gasteiger partial charge on any atom is 0.330 e. The molecule has 1 atom stereocenters. The lowest BCUT2D eigenvalue weighted by atomic mass is 10.0. The highest BCUT2D eigenvalue weighted by molar-refractivity contribution is 5.79. The van der Waals surface area contributed by atoms with Gasteiger partial charge in [-0.1, -0.05) is 23.8 Å². The van der Waals surface area contributed by atoms with Crippen LogP contribution in [0.5, 0.6) is 0 Å². The van der Waals surface area contributed by atoms with Crippen molar-refractivity contribution in [1.29, 1.82) is 0 Å². The average Bonchev–Trinajstić information content (AvgIpc) is 2.39. The maximum atomic E-state index is 13.1. The van der Waals surface area contributed by atoms with E-state index in [4.69, 9.17) is 0 Å². The molecule has 104 valence electrons. The quantitative estimate of drug-likeness (QED) is 0.893. The summed E-state index contributed by atoms with van der Waals surface area (Å²) in [7, 11) is 0. The standard InChI is InChI=1S/C16H16FNO2/c1-10-3-6-13(7-4-10)18-15(16(19)20)14-8-5-12(17)9-11(14)2/h3-9,15,18H,1-2H3,(H,19,20). The molecule has 0 amide bonds. The molecule has 0 saturated heterocycles. The second kappa shape index (κ2) is 5.74. The van der Waals surface area contributed by atoms with E-state index in [-0.39, 0.29) is 5.82 Å². The van der Waals surface area contributed by atoms with Gasteiger partial charge in [-0.05, 0) is 49.2 Å². The summed E-state index contributed by atoms with van der Waals surface area (Å²) in [6, 6.07) is 10.7. The highest BCUT2D eigenvalue weighted by Gasteiger charge is 2.21. The first kappa shape index (κ1) is 14.1. The Labute approximate surface area is 117 Å². The lowest BCUT2D eigenvalue weighted by molar-refractivity contribution is -0.138. The monoisotopic (exact) mass is 273 g/mol. The molecule has 3 nitrogen and oxygen atoms in total. The minimum Gasteiger partial charge on any atom is -0.479 e. The van der Waals surface area contributed by atoms with Gasteiger partial charge in [0.05, 0.1) is 0 Å². The van der Waals surface area contributed by atoms with E-state index in [9.17, 15) is 14.3 Å². The molecular formula is C16H16FNO2. The molecule has 0 saturated carbocycles. The van der Waals surface area contributed by atoms with Crippen molar-refractivity contribution in [3.63, 3.8) is 0 Å². The van der Waals surface area contributed by atoms with Crippen LogP contribution in [-0.4, -0.2) is 11.1 Å². The fourth-order valence-electron chi connectivity index (χ4n) is 2.05. The van der Waals surface area contributed by atoms with Crippen LogP contribution in [0.4, 0.5) is 10.1 Å². The van der Waals surface area contributed by atoms with E-state index in [1.807, 2.05) is 31.2 Å². The highest BCUT2D eigenvalue weighted by Crippen LogP contribution is 2.23. The number of carbonyl (C=O) groups is 1. The van der Waals surface area contributed by atoms with E-state index in [0.29, 0.717) is 16.8 Å². The minimum absolute atomic E-state index is 0.370. The predicted octanol–water partition coefficient (Wildman–Crippen LogP) is 3.68. The Morgan fingerprint density at radius 2 is 1.80 bits per heavy atom. The van der Waals surface area contributed by atoms with Crippen molar-refractivity contribution in [1.82, 2.24) is 0 Å². The fourth-order valence-corrected chi connectivity index (χ4v) is 2.05. The summed E-state index contributed by atoms with van der Waals surface area (Å²) in [6.07, 6.45) is 0. The Morgan fingerprint density at radius 3 is 2.35 bits per heavy atom. The summed E-state index contributed by atoms with van der Waals surface area (Å²) in [5.74, 6) is -1.37. The van der Waals surface area contributed by atoms with Gasteiger partial charge < -0.3 is 10.4 Å². The normalized spacial score (nSPS) is 11.9. The first-order valence-electron chi connectivity index (χ1n) is 6.29. The number of anilines is 1. The van der Waals surface area contributed by atoms with Gasteiger partial charge in [0, 0.05) is 5.69 Å². The molecule has 0 spiro atoms. The largest absolute Gasteiger partial charge is 0.479 e. The molecule has 0 aliphatic rings. The SMILES string of the molecule is Cc1ccc(NC(C(=O)O)c2ccc(F)cc2C)cc1. The lowest BCUT2D eigenvalue weighted by Crippen LogP contribution is -2.21. The van der Waals surface area contributed by atoms with Gasteiger partial charge in [-0.15, -0.1) is 0 Å².